The van der Waals surface area contributed by atoms with Crippen molar-refractivity contribution in [3.8, 4) is 0 Å². The lowest BCUT2D eigenvalue weighted by atomic mass is 10.0. The van der Waals surface area contributed by atoms with E-state index >= 15 is 0 Å². The molecule has 0 saturated carbocycles. The van der Waals surface area contributed by atoms with Crippen LogP contribution in [-0.4, -0.2) is 28.4 Å². The summed E-state index contributed by atoms with van der Waals surface area (Å²) in [7, 11) is 0. The molecular formula is C15H23N3O. The van der Waals surface area contributed by atoms with E-state index in [1.165, 1.54) is 31.9 Å². The molecule has 1 aliphatic heterocycles. The van der Waals surface area contributed by atoms with Crippen LogP contribution in [0.4, 0.5) is 0 Å². The van der Waals surface area contributed by atoms with Gasteiger partial charge in [-0.05, 0) is 50.9 Å². The Balaban J connectivity index is 2.11. The van der Waals surface area contributed by atoms with E-state index in [0.717, 1.165) is 5.69 Å². The van der Waals surface area contributed by atoms with Crippen molar-refractivity contribution in [1.29, 1.82) is 0 Å². The van der Waals surface area contributed by atoms with Crippen molar-refractivity contribution in [3.05, 3.63) is 29.6 Å². The summed E-state index contributed by atoms with van der Waals surface area (Å²) in [6.07, 6.45) is 4.32. The number of hydrogen-bond acceptors (Lipinski definition) is 3. The van der Waals surface area contributed by atoms with Crippen molar-refractivity contribution in [3.63, 3.8) is 0 Å². The SMILES string of the molecule is CC(=O)NCc1cc(C2CCCN2C(C)C)ccn1. The van der Waals surface area contributed by atoms with Crippen LogP contribution in [0.2, 0.25) is 0 Å². The van der Waals surface area contributed by atoms with Crippen LogP contribution in [0, 0.1) is 0 Å². The minimum Gasteiger partial charge on any atom is -0.351 e. The third-order valence-corrected chi connectivity index (χ3v) is 3.70. The van der Waals surface area contributed by atoms with Crippen LogP contribution in [0.1, 0.15) is 50.9 Å². The first kappa shape index (κ1) is 14.0. The molecule has 0 aliphatic carbocycles. The van der Waals surface area contributed by atoms with Crippen LogP contribution in [0.25, 0.3) is 0 Å². The maximum Gasteiger partial charge on any atom is 0.217 e. The summed E-state index contributed by atoms with van der Waals surface area (Å²) in [4.78, 5) is 17.8. The lowest BCUT2D eigenvalue weighted by molar-refractivity contribution is -0.119. The highest BCUT2D eigenvalue weighted by Crippen LogP contribution is 2.33. The number of aromatic nitrogens is 1. The van der Waals surface area contributed by atoms with Gasteiger partial charge in [0.25, 0.3) is 0 Å². The second-order valence-corrected chi connectivity index (χ2v) is 5.48. The molecule has 19 heavy (non-hydrogen) atoms. The third kappa shape index (κ3) is 3.53. The molecule has 104 valence electrons. The highest BCUT2D eigenvalue weighted by Gasteiger charge is 2.27. The molecule has 0 aromatic carbocycles. The van der Waals surface area contributed by atoms with Crippen LogP contribution in [0.15, 0.2) is 18.3 Å². The fourth-order valence-electron chi connectivity index (χ4n) is 2.78. The molecule has 2 heterocycles. The molecule has 1 atom stereocenters. The zero-order valence-corrected chi connectivity index (χ0v) is 12.0. The first-order chi connectivity index (χ1) is 9.08. The summed E-state index contributed by atoms with van der Waals surface area (Å²) in [5.41, 5.74) is 2.25. The van der Waals surface area contributed by atoms with Gasteiger partial charge in [-0.3, -0.25) is 14.7 Å². The molecule has 0 radical (unpaired) electrons. The Kier molecular flexibility index (Phi) is 4.53. The predicted octanol–water partition coefficient (Wildman–Crippen LogP) is 2.26. The van der Waals surface area contributed by atoms with E-state index in [0.29, 0.717) is 18.6 Å². The third-order valence-electron chi connectivity index (χ3n) is 3.70. The number of carbonyl (C=O) groups excluding carboxylic acids is 1. The number of nitrogens with zero attached hydrogens (tertiary/aromatic N) is 2. The van der Waals surface area contributed by atoms with Gasteiger partial charge < -0.3 is 5.32 Å². The fraction of sp³-hybridized carbons (Fsp3) is 0.600. The molecule has 2 rings (SSSR count). The van der Waals surface area contributed by atoms with E-state index in [4.69, 9.17) is 0 Å². The van der Waals surface area contributed by atoms with Crippen LogP contribution >= 0.6 is 0 Å². The molecule has 0 spiro atoms. The Morgan fingerprint density at radius 3 is 3.05 bits per heavy atom. The van der Waals surface area contributed by atoms with Crippen molar-refractivity contribution in [1.82, 2.24) is 15.2 Å². The smallest absolute Gasteiger partial charge is 0.217 e. The van der Waals surface area contributed by atoms with Gasteiger partial charge in [0.15, 0.2) is 0 Å². The van der Waals surface area contributed by atoms with Crippen molar-refractivity contribution >= 4 is 5.91 Å². The van der Waals surface area contributed by atoms with Gasteiger partial charge in [0, 0.05) is 25.2 Å². The highest BCUT2D eigenvalue weighted by atomic mass is 16.1. The fourth-order valence-corrected chi connectivity index (χ4v) is 2.78. The Morgan fingerprint density at radius 2 is 2.37 bits per heavy atom. The van der Waals surface area contributed by atoms with Gasteiger partial charge >= 0.3 is 0 Å². The zero-order valence-electron chi connectivity index (χ0n) is 12.0. The summed E-state index contributed by atoms with van der Waals surface area (Å²) in [5.74, 6) is -0.0168. The van der Waals surface area contributed by atoms with Gasteiger partial charge in [-0.2, -0.15) is 0 Å². The lowest BCUT2D eigenvalue weighted by Crippen LogP contribution is -2.30. The van der Waals surface area contributed by atoms with Crippen molar-refractivity contribution in [2.75, 3.05) is 6.54 Å². The maximum atomic E-state index is 11.0. The van der Waals surface area contributed by atoms with E-state index in [2.05, 4.69) is 41.2 Å². The summed E-state index contributed by atoms with van der Waals surface area (Å²) < 4.78 is 0. The summed E-state index contributed by atoms with van der Waals surface area (Å²) in [5, 5.41) is 2.80. The largest absolute Gasteiger partial charge is 0.351 e. The van der Waals surface area contributed by atoms with E-state index < -0.39 is 0 Å². The molecule has 1 N–H and O–H groups in total. The summed E-state index contributed by atoms with van der Waals surface area (Å²) in [6.45, 7) is 7.71. The molecule has 4 nitrogen and oxygen atoms in total. The average Bonchev–Trinajstić information content (AvgIpc) is 2.86. The van der Waals surface area contributed by atoms with Gasteiger partial charge in [0.1, 0.15) is 0 Å². The molecule has 1 amide bonds. The number of nitrogens with one attached hydrogen (secondary N) is 1. The van der Waals surface area contributed by atoms with Gasteiger partial charge in [-0.1, -0.05) is 0 Å². The Bertz CT molecular complexity index is 445. The van der Waals surface area contributed by atoms with Crippen molar-refractivity contribution in [2.24, 2.45) is 0 Å². The molecule has 1 unspecified atom stereocenters. The Labute approximate surface area is 115 Å². The van der Waals surface area contributed by atoms with E-state index in [-0.39, 0.29) is 5.91 Å². The second-order valence-electron chi connectivity index (χ2n) is 5.48. The Hall–Kier alpha value is -1.42. The van der Waals surface area contributed by atoms with Crippen molar-refractivity contribution < 1.29 is 4.79 Å². The molecule has 1 fully saturated rings. The first-order valence-corrected chi connectivity index (χ1v) is 7.03. The number of rotatable bonds is 4. The highest BCUT2D eigenvalue weighted by molar-refractivity contribution is 5.72. The zero-order chi connectivity index (χ0) is 13.8. The molecular weight excluding hydrogens is 238 g/mol. The molecule has 1 aromatic rings. The summed E-state index contributed by atoms with van der Waals surface area (Å²) in [6, 6.07) is 5.29. The van der Waals surface area contributed by atoms with Crippen LogP contribution < -0.4 is 5.32 Å². The normalized spacial score (nSPS) is 19.9. The average molecular weight is 261 g/mol. The predicted molar refractivity (Wildman–Crippen MR) is 75.6 cm³/mol. The number of amides is 1. The van der Waals surface area contributed by atoms with E-state index in [1.807, 2.05) is 6.20 Å². The number of likely N-dealkylation sites (tertiary alicyclic amines) is 1. The number of hydrogen-bond donors (Lipinski definition) is 1. The topological polar surface area (TPSA) is 45.2 Å². The van der Waals surface area contributed by atoms with E-state index in [1.54, 1.807) is 0 Å². The molecule has 4 heteroatoms. The van der Waals surface area contributed by atoms with Crippen molar-refractivity contribution in [2.45, 2.75) is 52.2 Å². The van der Waals surface area contributed by atoms with E-state index in [9.17, 15) is 4.79 Å². The standard InChI is InChI=1S/C15H23N3O/c1-11(2)18-8-4-5-15(18)13-6-7-16-14(9-13)10-17-12(3)19/h6-7,9,11,15H,4-5,8,10H2,1-3H3,(H,17,19). The maximum absolute atomic E-state index is 11.0. The number of pyridine rings is 1. The number of carbonyl (C=O) groups is 1. The monoisotopic (exact) mass is 261 g/mol. The molecule has 1 aliphatic rings. The molecule has 1 saturated heterocycles. The first-order valence-electron chi connectivity index (χ1n) is 7.03. The van der Waals surface area contributed by atoms with Crippen LogP contribution in [0.5, 0.6) is 0 Å². The quantitative estimate of drug-likeness (QED) is 0.904. The summed E-state index contributed by atoms with van der Waals surface area (Å²) >= 11 is 0. The second kappa shape index (κ2) is 6.15. The van der Waals surface area contributed by atoms with Gasteiger partial charge in [-0.15, -0.1) is 0 Å². The lowest BCUT2D eigenvalue weighted by Gasteiger charge is -2.28. The molecule has 1 aromatic heterocycles. The Morgan fingerprint density at radius 1 is 1.58 bits per heavy atom. The minimum absolute atomic E-state index is 0.0168. The molecule has 0 bridgehead atoms. The van der Waals surface area contributed by atoms with Gasteiger partial charge in [0.2, 0.25) is 5.91 Å². The van der Waals surface area contributed by atoms with Gasteiger partial charge in [0.05, 0.1) is 12.2 Å². The minimum atomic E-state index is -0.0168. The van der Waals surface area contributed by atoms with Crippen LogP contribution in [-0.2, 0) is 11.3 Å². The van der Waals surface area contributed by atoms with Gasteiger partial charge in [-0.25, -0.2) is 0 Å². The van der Waals surface area contributed by atoms with Crippen LogP contribution in [0.3, 0.4) is 0 Å².